The van der Waals surface area contributed by atoms with E-state index in [2.05, 4.69) is 9.97 Å². The van der Waals surface area contributed by atoms with Gasteiger partial charge in [0.05, 0.1) is 0 Å². The molecule has 19 heavy (non-hydrogen) atoms. The van der Waals surface area contributed by atoms with Crippen molar-refractivity contribution in [2.75, 3.05) is 11.4 Å². The molecule has 2 rings (SSSR count). The van der Waals surface area contributed by atoms with E-state index in [9.17, 15) is 21.9 Å². The Balaban J connectivity index is 2.39. The number of rotatable bonds is 3. The SMILES string of the molecule is O=C(O)c1nccnc1N1CC(S(=O)(=O)F)CC1=O. The number of hydrogen-bond acceptors (Lipinski definition) is 6. The van der Waals surface area contributed by atoms with Gasteiger partial charge in [-0.15, -0.1) is 3.89 Å². The Hall–Kier alpha value is -2.10. The van der Waals surface area contributed by atoms with Crippen LogP contribution in [0.3, 0.4) is 0 Å². The van der Waals surface area contributed by atoms with Crippen LogP contribution in [0.2, 0.25) is 0 Å². The molecule has 1 aliphatic heterocycles. The predicted octanol–water partition coefficient (Wildman–Crippen LogP) is -0.421. The van der Waals surface area contributed by atoms with Crippen LogP contribution in [-0.4, -0.2) is 47.2 Å². The molecule has 1 saturated heterocycles. The number of halogens is 1. The number of aromatic nitrogens is 2. The van der Waals surface area contributed by atoms with Crippen molar-refractivity contribution >= 4 is 27.9 Å². The normalized spacial score (nSPS) is 19.7. The van der Waals surface area contributed by atoms with Gasteiger partial charge in [-0.1, -0.05) is 0 Å². The Labute approximate surface area is 107 Å². The average molecular weight is 289 g/mol. The summed E-state index contributed by atoms with van der Waals surface area (Å²) in [6.45, 7) is -0.476. The van der Waals surface area contributed by atoms with Crippen LogP contribution < -0.4 is 4.90 Å². The van der Waals surface area contributed by atoms with Gasteiger partial charge in [0.25, 0.3) is 0 Å². The fraction of sp³-hybridized carbons (Fsp3) is 0.333. The highest BCUT2D eigenvalue weighted by molar-refractivity contribution is 7.87. The minimum absolute atomic E-state index is 0.286. The lowest BCUT2D eigenvalue weighted by Gasteiger charge is -2.15. The van der Waals surface area contributed by atoms with Crippen molar-refractivity contribution in [1.29, 1.82) is 0 Å². The highest BCUT2D eigenvalue weighted by atomic mass is 32.3. The maximum atomic E-state index is 12.9. The van der Waals surface area contributed by atoms with Crippen molar-refractivity contribution < 1.29 is 27.0 Å². The Morgan fingerprint density at radius 3 is 2.58 bits per heavy atom. The van der Waals surface area contributed by atoms with Crippen LogP contribution in [-0.2, 0) is 15.0 Å². The number of carbonyl (C=O) groups excluding carboxylic acids is 1. The lowest BCUT2D eigenvalue weighted by Crippen LogP contribution is -2.29. The maximum absolute atomic E-state index is 12.9. The first-order valence-electron chi connectivity index (χ1n) is 5.09. The molecular weight excluding hydrogens is 281 g/mol. The molecule has 0 spiro atoms. The monoisotopic (exact) mass is 289 g/mol. The lowest BCUT2D eigenvalue weighted by atomic mass is 10.4. The number of amides is 1. The Morgan fingerprint density at radius 2 is 2.05 bits per heavy atom. The zero-order chi connectivity index (χ0) is 14.2. The second-order valence-corrected chi connectivity index (χ2v) is 5.46. The summed E-state index contributed by atoms with van der Waals surface area (Å²) < 4.78 is 34.4. The van der Waals surface area contributed by atoms with Gasteiger partial charge in [0, 0.05) is 25.4 Å². The largest absolute Gasteiger partial charge is 0.476 e. The van der Waals surface area contributed by atoms with Crippen molar-refractivity contribution in [1.82, 2.24) is 9.97 Å². The zero-order valence-electron chi connectivity index (χ0n) is 9.35. The molecule has 0 aromatic carbocycles. The van der Waals surface area contributed by atoms with Crippen LogP contribution in [0.5, 0.6) is 0 Å². The fourth-order valence-corrected chi connectivity index (χ4v) is 2.42. The predicted molar refractivity (Wildman–Crippen MR) is 59.8 cm³/mol. The Kier molecular flexibility index (Phi) is 3.18. The highest BCUT2D eigenvalue weighted by Crippen LogP contribution is 2.25. The van der Waals surface area contributed by atoms with Gasteiger partial charge >= 0.3 is 16.2 Å². The summed E-state index contributed by atoms with van der Waals surface area (Å²) in [4.78, 5) is 30.6. The molecule has 0 aliphatic carbocycles. The first-order valence-corrected chi connectivity index (χ1v) is 6.53. The van der Waals surface area contributed by atoms with Crippen LogP contribution in [0.15, 0.2) is 12.4 Å². The summed E-state index contributed by atoms with van der Waals surface area (Å²) in [5.74, 6) is -2.41. The molecule has 1 atom stereocenters. The van der Waals surface area contributed by atoms with Crippen LogP contribution in [0.25, 0.3) is 0 Å². The molecule has 1 aromatic rings. The molecule has 10 heteroatoms. The van der Waals surface area contributed by atoms with E-state index >= 15 is 0 Å². The van der Waals surface area contributed by atoms with Crippen LogP contribution >= 0.6 is 0 Å². The molecule has 1 aromatic heterocycles. The van der Waals surface area contributed by atoms with Gasteiger partial charge in [0.15, 0.2) is 11.5 Å². The fourth-order valence-electron chi connectivity index (χ4n) is 1.75. The number of aromatic carboxylic acids is 1. The van der Waals surface area contributed by atoms with E-state index in [1.165, 1.54) is 0 Å². The van der Waals surface area contributed by atoms with Crippen LogP contribution in [0.1, 0.15) is 16.9 Å². The van der Waals surface area contributed by atoms with E-state index in [0.717, 1.165) is 17.3 Å². The maximum Gasteiger partial charge on any atom is 0.358 e. The molecule has 1 unspecified atom stereocenters. The number of nitrogens with zero attached hydrogens (tertiary/aromatic N) is 3. The Morgan fingerprint density at radius 1 is 1.42 bits per heavy atom. The molecule has 8 nitrogen and oxygen atoms in total. The van der Waals surface area contributed by atoms with Gasteiger partial charge in [-0.2, -0.15) is 8.42 Å². The summed E-state index contributed by atoms with van der Waals surface area (Å²) in [6, 6.07) is 0. The minimum atomic E-state index is -4.87. The minimum Gasteiger partial charge on any atom is -0.476 e. The van der Waals surface area contributed by atoms with Crippen LogP contribution in [0, 0.1) is 0 Å². The average Bonchev–Trinajstić information content (AvgIpc) is 2.71. The van der Waals surface area contributed by atoms with Gasteiger partial charge in [0.2, 0.25) is 5.91 Å². The van der Waals surface area contributed by atoms with E-state index in [1.807, 2.05) is 0 Å². The first kappa shape index (κ1) is 13.3. The molecule has 0 bridgehead atoms. The highest BCUT2D eigenvalue weighted by Gasteiger charge is 2.41. The van der Waals surface area contributed by atoms with E-state index < -0.39 is 46.0 Å². The van der Waals surface area contributed by atoms with E-state index in [1.54, 1.807) is 0 Å². The third-order valence-corrected chi connectivity index (χ3v) is 3.74. The van der Waals surface area contributed by atoms with E-state index in [-0.39, 0.29) is 5.82 Å². The van der Waals surface area contributed by atoms with Crippen molar-refractivity contribution in [3.05, 3.63) is 18.1 Å². The zero-order valence-corrected chi connectivity index (χ0v) is 10.2. The second-order valence-electron chi connectivity index (χ2n) is 3.84. The summed E-state index contributed by atoms with van der Waals surface area (Å²) in [5, 5.41) is 7.39. The molecule has 1 aliphatic rings. The van der Waals surface area contributed by atoms with Gasteiger partial charge < -0.3 is 5.11 Å². The van der Waals surface area contributed by atoms with Gasteiger partial charge in [-0.3, -0.25) is 9.69 Å². The quantitative estimate of drug-likeness (QED) is 0.751. The van der Waals surface area contributed by atoms with Gasteiger partial charge in [-0.25, -0.2) is 14.8 Å². The number of carbonyl (C=O) groups is 2. The topological polar surface area (TPSA) is 118 Å². The summed E-state index contributed by atoms with van der Waals surface area (Å²) in [7, 11) is -4.87. The summed E-state index contributed by atoms with van der Waals surface area (Å²) in [5.41, 5.74) is -0.493. The Bertz CT molecular complexity index is 647. The standard InChI is InChI=1S/C9H8FN3O5S/c10-19(17,18)5-3-6(14)13(4-5)8-7(9(15)16)11-1-2-12-8/h1-2,5H,3-4H2,(H,15,16). The third-order valence-electron chi connectivity index (χ3n) is 2.62. The molecule has 0 radical (unpaired) electrons. The molecule has 102 valence electrons. The molecular formula is C9H8FN3O5S. The van der Waals surface area contributed by atoms with Crippen molar-refractivity contribution in [2.24, 2.45) is 0 Å². The van der Waals surface area contributed by atoms with E-state index in [0.29, 0.717) is 0 Å². The van der Waals surface area contributed by atoms with Crippen LogP contribution in [0.4, 0.5) is 9.70 Å². The number of anilines is 1. The van der Waals surface area contributed by atoms with Crippen molar-refractivity contribution in [3.63, 3.8) is 0 Å². The van der Waals surface area contributed by atoms with Gasteiger partial charge in [-0.05, 0) is 0 Å². The molecule has 1 amide bonds. The smallest absolute Gasteiger partial charge is 0.358 e. The van der Waals surface area contributed by atoms with Gasteiger partial charge in [0.1, 0.15) is 5.25 Å². The molecule has 0 saturated carbocycles. The number of carboxylic acid groups (broad SMARTS) is 1. The number of carboxylic acids is 1. The number of hydrogen-bond donors (Lipinski definition) is 1. The molecule has 2 heterocycles. The molecule has 1 N–H and O–H groups in total. The van der Waals surface area contributed by atoms with E-state index in [4.69, 9.17) is 5.11 Å². The lowest BCUT2D eigenvalue weighted by molar-refractivity contribution is -0.117. The summed E-state index contributed by atoms with van der Waals surface area (Å²) in [6.07, 6.45) is 1.73. The third kappa shape index (κ3) is 2.52. The molecule has 1 fully saturated rings. The summed E-state index contributed by atoms with van der Waals surface area (Å²) >= 11 is 0. The van der Waals surface area contributed by atoms with Crippen molar-refractivity contribution in [3.8, 4) is 0 Å². The second kappa shape index (κ2) is 4.53. The van der Waals surface area contributed by atoms with Crippen molar-refractivity contribution in [2.45, 2.75) is 11.7 Å². The first-order chi connectivity index (χ1) is 8.80.